The standard InChI is InChI=1S/C70H49N3/c1-48-28-39-70(73-47-48)56-37-38-66(67(46-56)55-19-15-18-54(42-55)49-16-3-2-4-17-49)65-25-10-9-24-64(65)59-44-57(62-22-7-5-20-60(62)50-29-33-52(34-30-50)68-26-11-13-40-71-68)43-58(45-59)63-23-8-6-21-61(63)51-31-35-53(36-32-51)69-27-12-14-41-72-69/h2-47H,1H3. The molecule has 0 N–H and O–H groups in total. The fourth-order valence-corrected chi connectivity index (χ4v) is 10.1. The minimum absolute atomic E-state index is 0.943. The second-order valence-corrected chi connectivity index (χ2v) is 18.4. The summed E-state index contributed by atoms with van der Waals surface area (Å²) < 4.78 is 0. The minimum atomic E-state index is 0.943. The lowest BCUT2D eigenvalue weighted by Crippen LogP contribution is -1.94. The molecule has 0 radical (unpaired) electrons. The number of rotatable bonds is 11. The fraction of sp³-hybridized carbons (Fsp3) is 0.0143. The summed E-state index contributed by atoms with van der Waals surface area (Å²) in [6.07, 6.45) is 5.64. The van der Waals surface area contributed by atoms with E-state index in [-0.39, 0.29) is 0 Å². The van der Waals surface area contributed by atoms with Crippen LogP contribution in [0.3, 0.4) is 0 Å². The van der Waals surface area contributed by atoms with E-state index >= 15 is 0 Å². The van der Waals surface area contributed by atoms with Crippen LogP contribution in [-0.2, 0) is 0 Å². The maximum absolute atomic E-state index is 4.88. The highest BCUT2D eigenvalue weighted by Crippen LogP contribution is 2.45. The van der Waals surface area contributed by atoms with Crippen LogP contribution in [0.25, 0.3) is 123 Å². The van der Waals surface area contributed by atoms with Crippen LogP contribution < -0.4 is 0 Å². The Labute approximate surface area is 427 Å². The summed E-state index contributed by atoms with van der Waals surface area (Å²) in [6, 6.07) is 93.9. The summed E-state index contributed by atoms with van der Waals surface area (Å²) in [4.78, 5) is 14.1. The van der Waals surface area contributed by atoms with Crippen LogP contribution in [0.15, 0.2) is 279 Å². The van der Waals surface area contributed by atoms with E-state index in [1.807, 2.05) is 42.9 Å². The van der Waals surface area contributed by atoms with Gasteiger partial charge in [-0.2, -0.15) is 0 Å². The summed E-state index contributed by atoms with van der Waals surface area (Å²) in [5, 5.41) is 0. The molecular formula is C70H49N3. The molecule has 0 fully saturated rings. The normalized spacial score (nSPS) is 11.1. The Morgan fingerprint density at radius 1 is 0.205 bits per heavy atom. The van der Waals surface area contributed by atoms with Gasteiger partial charge in [0.05, 0.1) is 17.1 Å². The number of hydrogen-bond donors (Lipinski definition) is 0. The van der Waals surface area contributed by atoms with E-state index in [0.29, 0.717) is 0 Å². The van der Waals surface area contributed by atoms with E-state index in [0.717, 1.165) is 117 Å². The molecule has 3 heteroatoms. The molecule has 3 nitrogen and oxygen atoms in total. The molecule has 0 amide bonds. The largest absolute Gasteiger partial charge is 0.256 e. The summed E-state index contributed by atoms with van der Waals surface area (Å²) in [5.74, 6) is 0. The number of hydrogen-bond acceptors (Lipinski definition) is 3. The van der Waals surface area contributed by atoms with Gasteiger partial charge in [-0.25, -0.2) is 0 Å². The zero-order chi connectivity index (χ0) is 48.9. The van der Waals surface area contributed by atoms with Gasteiger partial charge in [-0.3, -0.25) is 15.0 Å². The third-order valence-corrected chi connectivity index (χ3v) is 13.8. The van der Waals surface area contributed by atoms with Crippen LogP contribution in [-0.4, -0.2) is 15.0 Å². The van der Waals surface area contributed by atoms with Crippen LogP contribution in [0, 0.1) is 6.92 Å². The first-order valence-electron chi connectivity index (χ1n) is 24.8. The smallest absolute Gasteiger partial charge is 0.0702 e. The second kappa shape index (κ2) is 20.0. The molecule has 0 spiro atoms. The van der Waals surface area contributed by atoms with Crippen molar-refractivity contribution in [1.82, 2.24) is 15.0 Å². The number of aryl methyl sites for hydroxylation is 1. The SMILES string of the molecule is Cc1ccc(-c2ccc(-c3ccccc3-c3cc(-c4ccccc4-c4ccc(-c5ccccn5)cc4)cc(-c4ccccc4-c4ccc(-c5ccccn5)cc4)c3)c(-c3cccc(-c4ccccc4)c3)c2)nc1. The Kier molecular flexibility index (Phi) is 12.2. The van der Waals surface area contributed by atoms with Crippen molar-refractivity contribution in [3.63, 3.8) is 0 Å². The van der Waals surface area contributed by atoms with Crippen molar-refractivity contribution in [3.05, 3.63) is 285 Å². The maximum Gasteiger partial charge on any atom is 0.0702 e. The summed E-state index contributed by atoms with van der Waals surface area (Å²) >= 11 is 0. The predicted octanol–water partition coefficient (Wildman–Crippen LogP) is 18.5. The van der Waals surface area contributed by atoms with Crippen molar-refractivity contribution in [2.45, 2.75) is 6.92 Å². The summed E-state index contributed by atoms with van der Waals surface area (Å²) in [7, 11) is 0. The Hall–Kier alpha value is -9.57. The van der Waals surface area contributed by atoms with Crippen molar-refractivity contribution in [3.8, 4) is 123 Å². The summed E-state index contributed by atoms with van der Waals surface area (Å²) in [5.41, 5.74) is 25.6. The number of benzene rings is 9. The van der Waals surface area contributed by atoms with Crippen molar-refractivity contribution < 1.29 is 0 Å². The van der Waals surface area contributed by atoms with Gasteiger partial charge < -0.3 is 0 Å². The Balaban J connectivity index is 1.04. The number of nitrogens with zero attached hydrogens (tertiary/aromatic N) is 3. The van der Waals surface area contributed by atoms with Gasteiger partial charge in [0.15, 0.2) is 0 Å². The number of aromatic nitrogens is 3. The lowest BCUT2D eigenvalue weighted by Gasteiger charge is -2.19. The quantitative estimate of drug-likeness (QED) is 0.130. The molecule has 12 aromatic rings. The van der Waals surface area contributed by atoms with Gasteiger partial charge in [-0.05, 0) is 162 Å². The van der Waals surface area contributed by atoms with Gasteiger partial charge in [-0.1, -0.05) is 200 Å². The van der Waals surface area contributed by atoms with Gasteiger partial charge in [-0.15, -0.1) is 0 Å². The first-order chi connectivity index (χ1) is 36.1. The van der Waals surface area contributed by atoms with E-state index in [1.54, 1.807) is 0 Å². The summed E-state index contributed by atoms with van der Waals surface area (Å²) in [6.45, 7) is 2.08. The van der Waals surface area contributed by atoms with Gasteiger partial charge in [0, 0.05) is 35.3 Å². The van der Waals surface area contributed by atoms with Gasteiger partial charge in [0.25, 0.3) is 0 Å². The Morgan fingerprint density at radius 3 is 1.11 bits per heavy atom. The van der Waals surface area contributed by atoms with Crippen LogP contribution in [0.1, 0.15) is 5.56 Å². The van der Waals surface area contributed by atoms with E-state index in [9.17, 15) is 0 Å². The molecule has 0 aliphatic rings. The predicted molar refractivity (Wildman–Crippen MR) is 304 cm³/mol. The zero-order valence-corrected chi connectivity index (χ0v) is 40.4. The number of pyridine rings is 3. The highest BCUT2D eigenvalue weighted by atomic mass is 14.7. The van der Waals surface area contributed by atoms with Crippen molar-refractivity contribution in [2.75, 3.05) is 0 Å². The molecule has 0 saturated heterocycles. The average Bonchev–Trinajstić information content (AvgIpc) is 3.48. The molecule has 0 atom stereocenters. The van der Waals surface area contributed by atoms with E-state index in [2.05, 4.69) is 253 Å². The molecule has 0 bridgehead atoms. The fourth-order valence-electron chi connectivity index (χ4n) is 10.1. The molecule has 3 aromatic heterocycles. The maximum atomic E-state index is 4.88. The van der Waals surface area contributed by atoms with Crippen LogP contribution in [0.5, 0.6) is 0 Å². The van der Waals surface area contributed by atoms with E-state index < -0.39 is 0 Å². The molecule has 344 valence electrons. The van der Waals surface area contributed by atoms with Crippen LogP contribution >= 0.6 is 0 Å². The third-order valence-electron chi connectivity index (χ3n) is 13.8. The molecular weight excluding hydrogens is 883 g/mol. The van der Waals surface area contributed by atoms with Gasteiger partial charge in [0.2, 0.25) is 0 Å². The third kappa shape index (κ3) is 9.32. The molecule has 0 aliphatic carbocycles. The van der Waals surface area contributed by atoms with Crippen LogP contribution in [0.4, 0.5) is 0 Å². The minimum Gasteiger partial charge on any atom is -0.256 e. The monoisotopic (exact) mass is 931 g/mol. The van der Waals surface area contributed by atoms with Gasteiger partial charge >= 0.3 is 0 Å². The molecule has 12 rings (SSSR count). The second-order valence-electron chi connectivity index (χ2n) is 18.4. The van der Waals surface area contributed by atoms with Crippen LogP contribution in [0.2, 0.25) is 0 Å². The van der Waals surface area contributed by atoms with Crippen molar-refractivity contribution in [2.24, 2.45) is 0 Å². The first-order valence-corrected chi connectivity index (χ1v) is 24.8. The first kappa shape index (κ1) is 44.6. The molecule has 3 heterocycles. The molecule has 0 aliphatic heterocycles. The molecule has 73 heavy (non-hydrogen) atoms. The molecule has 9 aromatic carbocycles. The Morgan fingerprint density at radius 2 is 0.603 bits per heavy atom. The lowest BCUT2D eigenvalue weighted by molar-refractivity contribution is 1.27. The average molecular weight is 932 g/mol. The topological polar surface area (TPSA) is 38.7 Å². The highest BCUT2D eigenvalue weighted by molar-refractivity contribution is 5.97. The lowest BCUT2D eigenvalue weighted by atomic mass is 9.84. The van der Waals surface area contributed by atoms with Gasteiger partial charge in [0.1, 0.15) is 0 Å². The molecule has 0 saturated carbocycles. The van der Waals surface area contributed by atoms with Crippen molar-refractivity contribution >= 4 is 0 Å². The van der Waals surface area contributed by atoms with E-state index in [4.69, 9.17) is 4.98 Å². The van der Waals surface area contributed by atoms with E-state index in [1.165, 1.54) is 11.1 Å². The zero-order valence-electron chi connectivity index (χ0n) is 40.4. The van der Waals surface area contributed by atoms with Crippen molar-refractivity contribution in [1.29, 1.82) is 0 Å². The Bertz CT molecular complexity index is 3720. The molecule has 0 unspecified atom stereocenters. The highest BCUT2D eigenvalue weighted by Gasteiger charge is 2.19.